The summed E-state index contributed by atoms with van der Waals surface area (Å²) in [6, 6.07) is 0. The van der Waals surface area contributed by atoms with E-state index in [1.807, 2.05) is 0 Å². The molecule has 0 rings (SSSR count). The topological polar surface area (TPSA) is 113 Å². The quantitative estimate of drug-likeness (QED) is 0.172. The Hall–Kier alpha value is -2.77. The summed E-state index contributed by atoms with van der Waals surface area (Å²) >= 11 is 0. The fourth-order valence-electron chi connectivity index (χ4n) is 0.625. The third-order valence-corrected chi connectivity index (χ3v) is 1.40. The molecule has 0 aromatic heterocycles. The summed E-state index contributed by atoms with van der Waals surface area (Å²) in [5, 5.41) is 20.6. The van der Waals surface area contributed by atoms with Crippen molar-refractivity contribution in [1.82, 2.24) is 0 Å². The number of nitro groups is 2. The van der Waals surface area contributed by atoms with Crippen molar-refractivity contribution in [3.63, 3.8) is 0 Å². The maximum absolute atomic E-state index is 11.0. The smallest absolute Gasteiger partial charge is 0.342 e. The van der Waals surface area contributed by atoms with Crippen LogP contribution in [0.1, 0.15) is 0 Å². The summed E-state index contributed by atoms with van der Waals surface area (Å²) in [6.45, 7) is 6.24. The zero-order valence-corrected chi connectivity index (χ0v) is 8.57. The van der Waals surface area contributed by atoms with Gasteiger partial charge in [0.1, 0.15) is 6.08 Å². The van der Waals surface area contributed by atoms with Crippen molar-refractivity contribution in [3.05, 3.63) is 69.3 Å². The van der Waals surface area contributed by atoms with Gasteiger partial charge >= 0.3 is 11.7 Å². The molecule has 0 aliphatic rings. The molecular weight excluding hydrogens is 232 g/mol. The minimum absolute atomic E-state index is 0.534. The van der Waals surface area contributed by atoms with Crippen LogP contribution >= 0.6 is 0 Å². The number of rotatable bonds is 6. The third kappa shape index (κ3) is 5.02. The molecule has 0 fully saturated rings. The Morgan fingerprint density at radius 1 is 1.06 bits per heavy atom. The monoisotopic (exact) mass is 240 g/mol. The molecule has 8 heteroatoms. The van der Waals surface area contributed by atoms with Crippen molar-refractivity contribution < 1.29 is 19.4 Å². The van der Waals surface area contributed by atoms with Crippen LogP contribution in [-0.4, -0.2) is 15.8 Å². The number of nitrogens with zero attached hydrogens (tertiary/aromatic N) is 2. The molecule has 0 radical (unpaired) electrons. The van der Waals surface area contributed by atoms with E-state index in [0.717, 1.165) is 12.2 Å². The van der Waals surface area contributed by atoms with Crippen LogP contribution in [0.25, 0.3) is 0 Å². The minimum atomic E-state index is -1.13. The molecule has 90 valence electrons. The Labute approximate surface area is 95.5 Å². The largest absolute Gasteiger partial charge is 0.424 e. The van der Waals surface area contributed by atoms with Gasteiger partial charge in [0.05, 0.1) is 9.85 Å². The lowest BCUT2D eigenvalue weighted by Gasteiger charge is -1.93. The van der Waals surface area contributed by atoms with E-state index in [1.165, 1.54) is 0 Å². The zero-order chi connectivity index (χ0) is 13.4. The molecule has 0 unspecified atom stereocenters. The number of esters is 1. The first kappa shape index (κ1) is 14.2. The van der Waals surface area contributed by atoms with Crippen LogP contribution in [0, 0.1) is 20.2 Å². The molecule has 0 amide bonds. The van der Waals surface area contributed by atoms with Gasteiger partial charge in [0.25, 0.3) is 5.70 Å². The van der Waals surface area contributed by atoms with Gasteiger partial charge in [0, 0.05) is 12.2 Å². The lowest BCUT2D eigenvalue weighted by atomic mass is 10.4. The Bertz CT molecular complexity index is 435. The van der Waals surface area contributed by atoms with Gasteiger partial charge < -0.3 is 4.74 Å². The van der Waals surface area contributed by atoms with Gasteiger partial charge in [-0.2, -0.15) is 0 Å². The molecule has 0 saturated carbocycles. The highest BCUT2D eigenvalue weighted by Crippen LogP contribution is 2.00. The van der Waals surface area contributed by atoms with Crippen molar-refractivity contribution in [2.45, 2.75) is 0 Å². The van der Waals surface area contributed by atoms with E-state index in [9.17, 15) is 25.0 Å². The van der Waals surface area contributed by atoms with E-state index in [0.29, 0.717) is 12.3 Å². The van der Waals surface area contributed by atoms with Gasteiger partial charge in [-0.05, 0) is 0 Å². The second-order valence-electron chi connectivity index (χ2n) is 2.47. The summed E-state index contributed by atoms with van der Waals surface area (Å²) in [6.07, 6.45) is 2.78. The predicted molar refractivity (Wildman–Crippen MR) is 56.6 cm³/mol. The lowest BCUT2D eigenvalue weighted by Crippen LogP contribution is -2.03. The normalized spacial score (nSPS) is 11.5. The average molecular weight is 240 g/mol. The molecule has 0 aromatic rings. The van der Waals surface area contributed by atoms with E-state index in [-0.39, 0.29) is 0 Å². The van der Waals surface area contributed by atoms with Gasteiger partial charge in [-0.25, -0.2) is 4.79 Å². The van der Waals surface area contributed by atoms with Crippen LogP contribution in [0.5, 0.6) is 0 Å². The molecule has 0 bridgehead atoms. The SMILES string of the molecule is C=C/C(=C/C(=O)O/C=C(\C=C)[N+](=O)[O-])[N+](=O)[O-]. The molecule has 0 N–H and O–H groups in total. The van der Waals surface area contributed by atoms with E-state index in [2.05, 4.69) is 17.9 Å². The van der Waals surface area contributed by atoms with Crippen molar-refractivity contribution >= 4 is 5.97 Å². The molecule has 0 aliphatic carbocycles. The van der Waals surface area contributed by atoms with Gasteiger partial charge in [0.2, 0.25) is 0 Å². The average Bonchev–Trinajstić information content (AvgIpc) is 2.25. The third-order valence-electron chi connectivity index (χ3n) is 1.40. The van der Waals surface area contributed by atoms with E-state index < -0.39 is 27.2 Å². The van der Waals surface area contributed by atoms with E-state index in [4.69, 9.17) is 0 Å². The van der Waals surface area contributed by atoms with Gasteiger partial charge in [-0.15, -0.1) is 0 Å². The van der Waals surface area contributed by atoms with Crippen LogP contribution in [-0.2, 0) is 9.53 Å². The first-order valence-electron chi connectivity index (χ1n) is 4.08. The summed E-state index contributed by atoms with van der Waals surface area (Å²) in [5.74, 6) is -1.13. The maximum Gasteiger partial charge on any atom is 0.342 e. The van der Waals surface area contributed by atoms with Crippen molar-refractivity contribution in [2.24, 2.45) is 0 Å². The van der Waals surface area contributed by atoms with E-state index in [1.54, 1.807) is 0 Å². The Kier molecular flexibility index (Phi) is 5.58. The van der Waals surface area contributed by atoms with Crippen molar-refractivity contribution in [3.8, 4) is 0 Å². The summed E-state index contributed by atoms with van der Waals surface area (Å²) in [7, 11) is 0. The fourth-order valence-corrected chi connectivity index (χ4v) is 0.625. The van der Waals surface area contributed by atoms with Gasteiger partial charge in [-0.3, -0.25) is 20.2 Å². The van der Waals surface area contributed by atoms with Gasteiger partial charge in [-0.1, -0.05) is 13.2 Å². The number of allylic oxidation sites excluding steroid dienone is 2. The highest BCUT2D eigenvalue weighted by atomic mass is 16.6. The van der Waals surface area contributed by atoms with Gasteiger partial charge in [0.15, 0.2) is 6.26 Å². The molecule has 8 nitrogen and oxygen atoms in total. The zero-order valence-electron chi connectivity index (χ0n) is 8.57. The number of carbonyl (C=O) groups is 1. The second kappa shape index (κ2) is 6.67. The number of hydrogen-bond donors (Lipinski definition) is 0. The highest BCUT2D eigenvalue weighted by Gasteiger charge is 2.11. The summed E-state index contributed by atoms with van der Waals surface area (Å²) < 4.78 is 4.30. The standard InChI is InChI=1S/C9H8N2O6/c1-3-7(10(13)14)5-9(12)17-6-8(4-2)11(15)16/h3-6H,1-2H2/b7-5-,8-6+. The number of hydrogen-bond acceptors (Lipinski definition) is 6. The molecule has 17 heavy (non-hydrogen) atoms. The maximum atomic E-state index is 11.0. The van der Waals surface area contributed by atoms with Crippen molar-refractivity contribution in [2.75, 3.05) is 0 Å². The van der Waals surface area contributed by atoms with Crippen LogP contribution < -0.4 is 0 Å². The Balaban J connectivity index is 4.78. The van der Waals surface area contributed by atoms with Crippen molar-refractivity contribution in [1.29, 1.82) is 0 Å². The van der Waals surface area contributed by atoms with Crippen LogP contribution in [0.15, 0.2) is 49.0 Å². The molecule has 0 spiro atoms. The molecular formula is C9H8N2O6. The van der Waals surface area contributed by atoms with Crippen LogP contribution in [0.3, 0.4) is 0 Å². The summed E-state index contributed by atoms with van der Waals surface area (Å²) in [4.78, 5) is 29.9. The molecule has 0 aliphatic heterocycles. The predicted octanol–water partition coefficient (Wildman–Crippen LogP) is 1.18. The number of ether oxygens (including phenoxy) is 1. The van der Waals surface area contributed by atoms with Crippen LogP contribution in [0.4, 0.5) is 0 Å². The highest BCUT2D eigenvalue weighted by molar-refractivity contribution is 5.83. The Morgan fingerprint density at radius 2 is 1.53 bits per heavy atom. The van der Waals surface area contributed by atoms with E-state index >= 15 is 0 Å². The first-order chi connectivity index (χ1) is 7.92. The molecule has 0 heterocycles. The lowest BCUT2D eigenvalue weighted by molar-refractivity contribution is -0.420. The second-order valence-corrected chi connectivity index (χ2v) is 2.47. The first-order valence-corrected chi connectivity index (χ1v) is 4.08. The minimum Gasteiger partial charge on any atom is -0.424 e. The molecule has 0 aromatic carbocycles. The molecule has 0 atom stereocenters. The number of carbonyl (C=O) groups excluding carboxylic acids is 1. The fraction of sp³-hybridized carbons (Fsp3) is 0. The summed E-state index contributed by atoms with van der Waals surface area (Å²) in [5.41, 5.74) is -1.13. The van der Waals surface area contributed by atoms with Crippen LogP contribution in [0.2, 0.25) is 0 Å². The Morgan fingerprint density at radius 3 is 1.88 bits per heavy atom. The molecule has 0 saturated heterocycles.